The lowest BCUT2D eigenvalue weighted by atomic mass is 9.86. The van der Waals surface area contributed by atoms with Crippen LogP contribution in [0.3, 0.4) is 0 Å². The van der Waals surface area contributed by atoms with E-state index in [0.717, 1.165) is 19.4 Å². The molecule has 1 saturated carbocycles. The third kappa shape index (κ3) is 2.28. The van der Waals surface area contributed by atoms with Crippen molar-refractivity contribution >= 4 is 0 Å². The maximum atomic E-state index is 6.54. The van der Waals surface area contributed by atoms with E-state index in [2.05, 4.69) is 43.3 Å². The Labute approximate surface area is 98.4 Å². The lowest BCUT2D eigenvalue weighted by Crippen LogP contribution is -2.34. The van der Waals surface area contributed by atoms with E-state index in [4.69, 9.17) is 5.73 Å². The number of hydrogen-bond acceptors (Lipinski definition) is 2. The van der Waals surface area contributed by atoms with Crippen molar-refractivity contribution in [3.05, 3.63) is 35.4 Å². The number of benzene rings is 1. The van der Waals surface area contributed by atoms with Gasteiger partial charge in [-0.2, -0.15) is 0 Å². The molecule has 1 aliphatic rings. The van der Waals surface area contributed by atoms with Crippen LogP contribution >= 0.6 is 0 Å². The fraction of sp³-hybridized carbons (Fsp3) is 0.571. The molecule has 1 fully saturated rings. The molecule has 1 aliphatic carbocycles. The molecule has 2 N–H and O–H groups in total. The molecule has 0 aliphatic heterocycles. The molecule has 0 heterocycles. The molecule has 2 rings (SSSR count). The Balaban J connectivity index is 2.32. The van der Waals surface area contributed by atoms with Crippen LogP contribution < -0.4 is 5.73 Å². The Bertz CT molecular complexity index is 352. The number of rotatable bonds is 3. The molecule has 0 aromatic heterocycles. The number of nitrogens with zero attached hydrogens (tertiary/aromatic N) is 1. The first kappa shape index (κ1) is 11.6. The van der Waals surface area contributed by atoms with Gasteiger partial charge in [0.25, 0.3) is 0 Å². The number of hydrogen-bond donors (Lipinski definition) is 1. The van der Waals surface area contributed by atoms with E-state index in [9.17, 15) is 0 Å². The Kier molecular flexibility index (Phi) is 3.31. The third-order valence-electron chi connectivity index (χ3n) is 3.54. The summed E-state index contributed by atoms with van der Waals surface area (Å²) < 4.78 is 0. The first-order valence-corrected chi connectivity index (χ1v) is 6.14. The lowest BCUT2D eigenvalue weighted by Gasteiger charge is -2.28. The molecule has 2 heteroatoms. The summed E-state index contributed by atoms with van der Waals surface area (Å²) in [5, 5.41) is 0. The minimum absolute atomic E-state index is 0.0629. The number of nitrogens with two attached hydrogens (primary N) is 1. The first-order valence-electron chi connectivity index (χ1n) is 6.14. The Morgan fingerprint density at radius 2 is 1.81 bits per heavy atom. The van der Waals surface area contributed by atoms with E-state index in [1.54, 1.807) is 0 Å². The van der Waals surface area contributed by atoms with Crippen molar-refractivity contribution in [2.24, 2.45) is 5.73 Å². The third-order valence-corrected chi connectivity index (χ3v) is 3.54. The Morgan fingerprint density at radius 1 is 1.19 bits per heavy atom. The smallest absolute Gasteiger partial charge is 0.0412 e. The zero-order valence-corrected chi connectivity index (χ0v) is 10.4. The van der Waals surface area contributed by atoms with Gasteiger partial charge in [0.15, 0.2) is 0 Å². The second kappa shape index (κ2) is 4.56. The van der Waals surface area contributed by atoms with Gasteiger partial charge in [-0.1, -0.05) is 37.1 Å². The topological polar surface area (TPSA) is 29.3 Å². The van der Waals surface area contributed by atoms with Crippen molar-refractivity contribution in [2.75, 3.05) is 14.1 Å². The quantitative estimate of drug-likeness (QED) is 0.844. The summed E-state index contributed by atoms with van der Waals surface area (Å²) in [4.78, 5) is 2.21. The minimum Gasteiger partial charge on any atom is -0.321 e. The van der Waals surface area contributed by atoms with Crippen LogP contribution in [0.4, 0.5) is 0 Å². The van der Waals surface area contributed by atoms with Crippen LogP contribution in [0.1, 0.15) is 36.8 Å². The van der Waals surface area contributed by atoms with Gasteiger partial charge < -0.3 is 10.6 Å². The van der Waals surface area contributed by atoms with Gasteiger partial charge in [-0.25, -0.2) is 0 Å². The molecule has 88 valence electrons. The molecule has 0 unspecified atom stereocenters. The molecule has 0 bridgehead atoms. The zero-order chi connectivity index (χ0) is 11.6. The first-order chi connectivity index (χ1) is 7.62. The van der Waals surface area contributed by atoms with E-state index in [-0.39, 0.29) is 5.54 Å². The van der Waals surface area contributed by atoms with Gasteiger partial charge in [0.05, 0.1) is 0 Å². The minimum atomic E-state index is -0.0629. The maximum absolute atomic E-state index is 6.54. The molecule has 16 heavy (non-hydrogen) atoms. The highest BCUT2D eigenvalue weighted by Crippen LogP contribution is 2.37. The van der Waals surface area contributed by atoms with Crippen LogP contribution in [0.25, 0.3) is 0 Å². The summed E-state index contributed by atoms with van der Waals surface area (Å²) in [5.41, 5.74) is 9.22. The molecular weight excluding hydrogens is 196 g/mol. The molecule has 0 atom stereocenters. The molecule has 2 nitrogen and oxygen atoms in total. The van der Waals surface area contributed by atoms with Crippen molar-refractivity contribution in [3.63, 3.8) is 0 Å². The van der Waals surface area contributed by atoms with Gasteiger partial charge in [0.1, 0.15) is 0 Å². The second-order valence-electron chi connectivity index (χ2n) is 5.26. The average Bonchev–Trinajstić information content (AvgIpc) is 2.66. The predicted molar refractivity (Wildman–Crippen MR) is 68.2 cm³/mol. The summed E-state index contributed by atoms with van der Waals surface area (Å²) in [6, 6.07) is 8.65. The highest BCUT2D eigenvalue weighted by molar-refractivity contribution is 5.34. The van der Waals surface area contributed by atoms with Gasteiger partial charge in [-0.15, -0.1) is 0 Å². The van der Waals surface area contributed by atoms with Crippen molar-refractivity contribution in [2.45, 2.75) is 37.8 Å². The molecule has 1 aromatic rings. The highest BCUT2D eigenvalue weighted by Gasteiger charge is 2.32. The second-order valence-corrected chi connectivity index (χ2v) is 5.26. The van der Waals surface area contributed by atoms with Gasteiger partial charge in [-0.05, 0) is 38.1 Å². The summed E-state index contributed by atoms with van der Waals surface area (Å²) in [6.45, 7) is 0.981. The summed E-state index contributed by atoms with van der Waals surface area (Å²) in [7, 11) is 4.21. The Hall–Kier alpha value is -0.860. The maximum Gasteiger partial charge on any atom is 0.0412 e. The highest BCUT2D eigenvalue weighted by atomic mass is 15.0. The van der Waals surface area contributed by atoms with Crippen LogP contribution in [0.2, 0.25) is 0 Å². The summed E-state index contributed by atoms with van der Waals surface area (Å²) in [5.74, 6) is 0. The fourth-order valence-electron chi connectivity index (χ4n) is 2.76. The van der Waals surface area contributed by atoms with Crippen molar-refractivity contribution in [1.29, 1.82) is 0 Å². The molecule has 0 radical (unpaired) electrons. The van der Waals surface area contributed by atoms with E-state index < -0.39 is 0 Å². The molecule has 0 amide bonds. The van der Waals surface area contributed by atoms with Crippen LogP contribution in [0.15, 0.2) is 24.3 Å². The van der Waals surface area contributed by atoms with Crippen molar-refractivity contribution in [3.8, 4) is 0 Å². The monoisotopic (exact) mass is 218 g/mol. The van der Waals surface area contributed by atoms with E-state index in [1.807, 2.05) is 0 Å². The van der Waals surface area contributed by atoms with Crippen molar-refractivity contribution in [1.82, 2.24) is 4.90 Å². The Morgan fingerprint density at radius 3 is 2.44 bits per heavy atom. The van der Waals surface area contributed by atoms with Crippen LogP contribution in [-0.2, 0) is 12.1 Å². The lowest BCUT2D eigenvalue weighted by molar-refractivity contribution is 0.388. The average molecular weight is 218 g/mol. The largest absolute Gasteiger partial charge is 0.321 e. The van der Waals surface area contributed by atoms with Crippen LogP contribution in [0.5, 0.6) is 0 Å². The van der Waals surface area contributed by atoms with E-state index in [1.165, 1.54) is 24.0 Å². The van der Waals surface area contributed by atoms with E-state index >= 15 is 0 Å². The van der Waals surface area contributed by atoms with Gasteiger partial charge >= 0.3 is 0 Å². The predicted octanol–water partition coefficient (Wildman–Crippen LogP) is 2.48. The van der Waals surface area contributed by atoms with E-state index in [0.29, 0.717) is 0 Å². The fourth-order valence-corrected chi connectivity index (χ4v) is 2.76. The summed E-state index contributed by atoms with van der Waals surface area (Å²) in [6.07, 6.45) is 4.81. The summed E-state index contributed by atoms with van der Waals surface area (Å²) >= 11 is 0. The van der Waals surface area contributed by atoms with Gasteiger partial charge in [-0.3, -0.25) is 0 Å². The zero-order valence-electron chi connectivity index (χ0n) is 10.4. The molecule has 0 spiro atoms. The molecular formula is C14H22N2. The van der Waals surface area contributed by atoms with Crippen LogP contribution in [-0.4, -0.2) is 19.0 Å². The van der Waals surface area contributed by atoms with Crippen molar-refractivity contribution < 1.29 is 0 Å². The van der Waals surface area contributed by atoms with Crippen LogP contribution in [0, 0.1) is 0 Å². The molecule has 0 saturated heterocycles. The van der Waals surface area contributed by atoms with Gasteiger partial charge in [0.2, 0.25) is 0 Å². The normalized spacial score (nSPS) is 19.2. The SMILES string of the molecule is CN(C)Cc1ccccc1C1(N)CCCC1. The van der Waals surface area contributed by atoms with Gasteiger partial charge in [0, 0.05) is 12.1 Å². The molecule has 1 aromatic carbocycles. The standard InChI is InChI=1S/C14H22N2/c1-16(2)11-12-7-3-4-8-13(12)14(15)9-5-6-10-14/h3-4,7-8H,5-6,9-11,15H2,1-2H3.